The molecule has 0 spiro atoms. The van der Waals surface area contributed by atoms with Crippen LogP contribution in [0, 0.1) is 21.4 Å². The fraction of sp³-hybridized carbons (Fsp3) is 0.403. The Bertz CT molecular complexity index is 3650. The van der Waals surface area contributed by atoms with Crippen LogP contribution < -0.4 is 35.0 Å². The summed E-state index contributed by atoms with van der Waals surface area (Å²) in [6.45, 7) is 10.3. The Balaban J connectivity index is 0.681. The number of carbonyl (C=O) groups is 4. The Morgan fingerprint density at radius 2 is 1.71 bits per heavy atom. The van der Waals surface area contributed by atoms with Crippen LogP contribution in [0.4, 0.5) is 17.1 Å². The van der Waals surface area contributed by atoms with Crippen LogP contribution in [0.25, 0.3) is 16.6 Å². The average molecular weight is 1180 g/mol. The van der Waals surface area contributed by atoms with Crippen LogP contribution in [0.1, 0.15) is 110 Å². The van der Waals surface area contributed by atoms with Crippen molar-refractivity contribution in [2.75, 3.05) is 62.6 Å². The van der Waals surface area contributed by atoms with Gasteiger partial charge < -0.3 is 34.9 Å². The first-order valence-corrected chi connectivity index (χ1v) is 30.7. The molecule has 440 valence electrons. The van der Waals surface area contributed by atoms with Crippen molar-refractivity contribution in [3.8, 4) is 17.2 Å². The Morgan fingerprint density at radius 3 is 2.49 bits per heavy atom. The lowest BCUT2D eigenvalue weighted by Gasteiger charge is -2.39. The molecule has 4 aromatic carbocycles. The van der Waals surface area contributed by atoms with Crippen molar-refractivity contribution in [2.24, 2.45) is 11.3 Å². The number of aromatic amines is 1. The predicted molar refractivity (Wildman–Crippen MR) is 320 cm³/mol. The Labute approximate surface area is 492 Å². The van der Waals surface area contributed by atoms with Crippen molar-refractivity contribution in [1.82, 2.24) is 35.1 Å². The normalized spacial score (nSPS) is 20.2. The van der Waals surface area contributed by atoms with Gasteiger partial charge in [-0.2, -0.15) is 0 Å². The first kappa shape index (κ1) is 57.9. The second kappa shape index (κ2) is 24.8. The molecular weight excluding hydrogens is 1110 g/mol. The van der Waals surface area contributed by atoms with Gasteiger partial charge in [0.25, 0.3) is 27.5 Å². The van der Waals surface area contributed by atoms with Gasteiger partial charge in [-0.3, -0.25) is 39.5 Å². The van der Waals surface area contributed by atoms with E-state index in [-0.39, 0.29) is 65.6 Å². The third-order valence-electron chi connectivity index (χ3n) is 17.0. The molecule has 5 aliphatic rings. The Hall–Kier alpha value is -7.85. The standard InChI is InChI=1S/C62H69ClN10O10S/c1-62(2)23-21-42(50(34-62)40-9-11-43(63)12-10-40)37-70-26-28-71(29-27-70)45-15-17-49(56(32-45)83-46-31-41-22-25-65-58(41)67-36-46)59(75)69-84(80,81)47-16-18-52(54(33-47)73(78)79)66-35-39-7-13-44(14-8-39)64-24-4-30-82-55-6-3-5-48-51(55)38-72(61(48)77)53-19-20-57(74)68-60(53)76/h3,5-6,9-12,15-18,22,25,31-33,36,39,44,53,64,66H,4,7-8,13-14,19-21,23-24,26-30,34-35,37-38H2,1-2H3,(H,65,67)(H,69,75)(H,68,74,76)/t39-,44-,53?. The maximum atomic E-state index is 14.2. The molecule has 5 N–H and O–H groups in total. The summed E-state index contributed by atoms with van der Waals surface area (Å²) in [5.74, 6) is -0.754. The summed E-state index contributed by atoms with van der Waals surface area (Å²) in [7, 11) is -4.63. The number of aromatic nitrogens is 2. The SMILES string of the molecule is CC1(C)CCC(CN2CCN(c3ccc(C(=O)NS(=O)(=O)c4ccc(NC[C@H]5CC[C@H](NCCCOc6cccc7c6CN(C6CCC(=O)NC6=O)C7=O)CC5)c([N+](=O)[O-])c4)c(Oc4cnc5[nH]ccc5c4)c3)CC2)=C(c2ccc(Cl)cc2)C1. The average Bonchev–Trinajstić information content (AvgIpc) is 2.72. The predicted octanol–water partition coefficient (Wildman–Crippen LogP) is 9.61. The van der Waals surface area contributed by atoms with Gasteiger partial charge in [0.2, 0.25) is 11.8 Å². The number of nitro groups is 1. The molecule has 2 saturated heterocycles. The zero-order valence-electron chi connectivity index (χ0n) is 47.1. The molecule has 3 fully saturated rings. The minimum atomic E-state index is -4.63. The zero-order chi connectivity index (χ0) is 58.7. The minimum absolute atomic E-state index is 0.0583. The number of nitrogens with one attached hydrogen (secondary N) is 5. The second-order valence-electron chi connectivity index (χ2n) is 23.4. The van der Waals surface area contributed by atoms with Crippen molar-refractivity contribution in [3.05, 3.63) is 146 Å². The molecular formula is C62H69ClN10O10S. The Kier molecular flexibility index (Phi) is 17.1. The van der Waals surface area contributed by atoms with E-state index in [0.717, 1.165) is 92.3 Å². The molecule has 22 heteroatoms. The van der Waals surface area contributed by atoms with Crippen molar-refractivity contribution in [3.63, 3.8) is 0 Å². The zero-order valence-corrected chi connectivity index (χ0v) is 48.7. The first-order valence-electron chi connectivity index (χ1n) is 28.8. The number of amides is 4. The topological polar surface area (TPSA) is 251 Å². The molecule has 0 radical (unpaired) electrons. The maximum absolute atomic E-state index is 14.2. The summed E-state index contributed by atoms with van der Waals surface area (Å²) < 4.78 is 42.6. The summed E-state index contributed by atoms with van der Waals surface area (Å²) >= 11 is 6.27. The van der Waals surface area contributed by atoms with Gasteiger partial charge in [0.15, 0.2) is 0 Å². The van der Waals surface area contributed by atoms with Crippen molar-refractivity contribution in [2.45, 2.75) is 102 Å². The summed E-state index contributed by atoms with van der Waals surface area (Å²) in [5, 5.41) is 23.1. The molecule has 2 aliphatic carbocycles. The molecule has 20 nitrogen and oxygen atoms in total. The minimum Gasteiger partial charge on any atom is -0.493 e. The number of hydrogen-bond donors (Lipinski definition) is 5. The van der Waals surface area contributed by atoms with Gasteiger partial charge in [-0.15, -0.1) is 0 Å². The number of H-pyrrole nitrogens is 1. The number of hydrogen-bond acceptors (Lipinski definition) is 15. The number of anilines is 2. The third-order valence-corrected chi connectivity index (χ3v) is 18.6. The fourth-order valence-electron chi connectivity index (χ4n) is 12.3. The number of fused-ring (bicyclic) bond motifs is 2. The highest BCUT2D eigenvalue weighted by molar-refractivity contribution is 7.90. The monoisotopic (exact) mass is 1180 g/mol. The van der Waals surface area contributed by atoms with E-state index in [9.17, 15) is 37.7 Å². The number of nitrogens with zero attached hydrogens (tertiary/aromatic N) is 5. The van der Waals surface area contributed by atoms with E-state index < -0.39 is 43.4 Å². The summed E-state index contributed by atoms with van der Waals surface area (Å²) in [6, 6.07) is 25.3. The van der Waals surface area contributed by atoms with Crippen LogP contribution >= 0.6 is 11.6 Å². The highest BCUT2D eigenvalue weighted by atomic mass is 35.5. The van der Waals surface area contributed by atoms with Gasteiger partial charge in [0.05, 0.1) is 34.7 Å². The molecule has 11 rings (SSSR count). The van der Waals surface area contributed by atoms with E-state index in [1.54, 1.807) is 36.5 Å². The number of halogens is 1. The van der Waals surface area contributed by atoms with E-state index in [0.29, 0.717) is 61.9 Å². The lowest BCUT2D eigenvalue weighted by molar-refractivity contribution is -0.384. The van der Waals surface area contributed by atoms with Crippen molar-refractivity contribution >= 4 is 78.9 Å². The third kappa shape index (κ3) is 13.2. The summed E-state index contributed by atoms with van der Waals surface area (Å²) in [6.07, 6.45) is 11.1. The van der Waals surface area contributed by atoms with E-state index in [4.69, 9.17) is 21.1 Å². The molecule has 4 amide bonds. The summed E-state index contributed by atoms with van der Waals surface area (Å²) in [4.78, 5) is 76.7. The van der Waals surface area contributed by atoms with Crippen LogP contribution in [-0.2, 0) is 26.2 Å². The van der Waals surface area contributed by atoms with Crippen molar-refractivity contribution < 1.29 is 42.0 Å². The molecule has 1 saturated carbocycles. The molecule has 5 heterocycles. The summed E-state index contributed by atoms with van der Waals surface area (Å²) in [5.41, 5.74) is 6.62. The number of benzene rings is 4. The molecule has 0 bridgehead atoms. The van der Waals surface area contributed by atoms with Gasteiger partial charge in [-0.05, 0) is 147 Å². The lowest BCUT2D eigenvalue weighted by Crippen LogP contribution is -2.52. The Morgan fingerprint density at radius 1 is 0.917 bits per heavy atom. The number of carbonyl (C=O) groups excluding carboxylic acids is 4. The number of piperazine rings is 1. The van der Waals surface area contributed by atoms with E-state index in [1.807, 2.05) is 24.3 Å². The smallest absolute Gasteiger partial charge is 0.293 e. The molecule has 1 atom stereocenters. The highest BCUT2D eigenvalue weighted by Crippen LogP contribution is 2.44. The van der Waals surface area contributed by atoms with Gasteiger partial charge in [-0.1, -0.05) is 49.2 Å². The van der Waals surface area contributed by atoms with E-state index >= 15 is 0 Å². The number of rotatable bonds is 20. The molecule has 6 aromatic rings. The van der Waals surface area contributed by atoms with Gasteiger partial charge in [-0.25, -0.2) is 18.1 Å². The van der Waals surface area contributed by atoms with Gasteiger partial charge in [0.1, 0.15) is 34.6 Å². The fourth-order valence-corrected chi connectivity index (χ4v) is 13.4. The van der Waals surface area contributed by atoms with Crippen LogP contribution in [0.15, 0.2) is 114 Å². The quantitative estimate of drug-likeness (QED) is 0.0207. The number of pyridine rings is 1. The first-order chi connectivity index (χ1) is 40.4. The maximum Gasteiger partial charge on any atom is 0.293 e. The number of piperidine rings is 1. The largest absolute Gasteiger partial charge is 0.493 e. The molecule has 1 unspecified atom stereocenters. The van der Waals surface area contributed by atoms with E-state index in [2.05, 4.69) is 66.4 Å². The van der Waals surface area contributed by atoms with E-state index in [1.165, 1.54) is 46.0 Å². The van der Waals surface area contributed by atoms with Crippen LogP contribution in [0.5, 0.6) is 17.2 Å². The van der Waals surface area contributed by atoms with Crippen LogP contribution in [0.3, 0.4) is 0 Å². The second-order valence-corrected chi connectivity index (χ2v) is 25.5. The highest BCUT2D eigenvalue weighted by Gasteiger charge is 2.40. The number of allylic oxidation sites excluding steroid dienone is 1. The van der Waals surface area contributed by atoms with Crippen molar-refractivity contribution in [1.29, 1.82) is 0 Å². The van der Waals surface area contributed by atoms with Gasteiger partial charge >= 0.3 is 0 Å². The lowest BCUT2D eigenvalue weighted by atomic mass is 9.72. The van der Waals surface area contributed by atoms with Crippen LogP contribution in [-0.4, -0.2) is 121 Å². The number of ether oxygens (including phenoxy) is 2. The van der Waals surface area contributed by atoms with Gasteiger partial charge in [0, 0.05) is 97.3 Å². The number of imide groups is 1. The molecule has 3 aliphatic heterocycles. The number of sulfonamides is 1. The van der Waals surface area contributed by atoms with Crippen LogP contribution in [0.2, 0.25) is 5.02 Å². The number of nitro benzene ring substituents is 1. The molecule has 84 heavy (non-hydrogen) atoms. The molecule has 2 aromatic heterocycles.